The smallest absolute Gasteiger partial charge is 0.213 e. The molecular formula is C21H29NO4. The molecule has 0 radical (unpaired) electrons. The Morgan fingerprint density at radius 1 is 1.04 bits per heavy atom. The van der Waals surface area contributed by atoms with Crippen molar-refractivity contribution in [1.29, 1.82) is 0 Å². The number of rotatable bonds is 2. The van der Waals surface area contributed by atoms with Crippen LogP contribution in [0.2, 0.25) is 0 Å². The fourth-order valence-electron chi connectivity index (χ4n) is 4.75. The third kappa shape index (κ3) is 2.95. The van der Waals surface area contributed by atoms with Crippen LogP contribution < -0.4 is 4.74 Å². The molecule has 1 saturated carbocycles. The molecule has 3 heterocycles. The number of nitrogens with zero attached hydrogens (tertiary/aromatic N) is 1. The highest BCUT2D eigenvalue weighted by atomic mass is 16.7. The third-order valence-electron chi connectivity index (χ3n) is 6.86. The van der Waals surface area contributed by atoms with E-state index in [1.807, 2.05) is 12.1 Å². The average Bonchev–Trinajstić information content (AvgIpc) is 2.62. The maximum Gasteiger partial charge on any atom is 0.213 e. The van der Waals surface area contributed by atoms with Gasteiger partial charge in [-0.1, -0.05) is 12.5 Å². The lowest BCUT2D eigenvalue weighted by Crippen LogP contribution is -2.54. The first-order valence-corrected chi connectivity index (χ1v) is 10.2. The Bertz CT molecular complexity index is 658. The van der Waals surface area contributed by atoms with E-state index in [4.69, 9.17) is 14.2 Å². The van der Waals surface area contributed by atoms with Crippen LogP contribution in [0.4, 0.5) is 0 Å². The van der Waals surface area contributed by atoms with Gasteiger partial charge in [-0.15, -0.1) is 0 Å². The zero-order valence-electron chi connectivity index (χ0n) is 15.4. The minimum absolute atomic E-state index is 0.454. The first kappa shape index (κ1) is 17.0. The molecule has 2 saturated heterocycles. The molecular weight excluding hydrogens is 330 g/mol. The molecule has 1 aliphatic carbocycles. The number of benzene rings is 1. The number of ether oxygens (including phenoxy) is 3. The van der Waals surface area contributed by atoms with Gasteiger partial charge < -0.3 is 19.3 Å². The van der Waals surface area contributed by atoms with Gasteiger partial charge in [0, 0.05) is 63.6 Å². The molecule has 0 amide bonds. The summed E-state index contributed by atoms with van der Waals surface area (Å²) in [6.45, 7) is 3.93. The van der Waals surface area contributed by atoms with Gasteiger partial charge in [0.25, 0.3) is 0 Å². The van der Waals surface area contributed by atoms with Crippen molar-refractivity contribution < 1.29 is 19.3 Å². The molecule has 3 fully saturated rings. The van der Waals surface area contributed by atoms with E-state index >= 15 is 0 Å². The molecule has 1 spiro atoms. The SMILES string of the molecule is OC1(c2ccc3c(c2)COC2(CCN(C4CCC4)CC2)O3)CCOCC1. The van der Waals surface area contributed by atoms with Gasteiger partial charge in [-0.3, -0.25) is 4.90 Å². The molecule has 1 N–H and O–H groups in total. The first-order chi connectivity index (χ1) is 12.7. The number of piperidine rings is 1. The second-order valence-electron chi connectivity index (χ2n) is 8.39. The van der Waals surface area contributed by atoms with Crippen LogP contribution in [0.1, 0.15) is 56.1 Å². The summed E-state index contributed by atoms with van der Waals surface area (Å²) in [5.41, 5.74) is 1.23. The van der Waals surface area contributed by atoms with E-state index in [9.17, 15) is 5.11 Å². The normalized spacial score (nSPS) is 28.2. The highest BCUT2D eigenvalue weighted by molar-refractivity contribution is 5.40. The molecule has 5 heteroatoms. The lowest BCUT2D eigenvalue weighted by molar-refractivity contribution is -0.231. The van der Waals surface area contributed by atoms with Crippen LogP contribution in [-0.2, 0) is 21.7 Å². The van der Waals surface area contributed by atoms with Crippen LogP contribution in [0.3, 0.4) is 0 Å². The predicted octanol–water partition coefficient (Wildman–Crippen LogP) is 2.94. The lowest BCUT2D eigenvalue weighted by atomic mass is 9.85. The lowest BCUT2D eigenvalue weighted by Gasteiger charge is -2.47. The minimum Gasteiger partial charge on any atom is -0.462 e. The molecule has 0 bridgehead atoms. The highest BCUT2D eigenvalue weighted by Crippen LogP contribution is 2.41. The molecule has 5 nitrogen and oxygen atoms in total. The van der Waals surface area contributed by atoms with Crippen molar-refractivity contribution in [3.05, 3.63) is 29.3 Å². The second kappa shape index (κ2) is 6.48. The molecule has 0 atom stereocenters. The summed E-state index contributed by atoms with van der Waals surface area (Å²) in [6.07, 6.45) is 7.26. The standard InChI is InChI=1S/C21H29NO4/c23-20(8-12-24-13-9-20)17-4-5-19-16(14-17)15-25-21(26-19)6-10-22(11-7-21)18-2-1-3-18/h4-5,14,18,23H,1-3,6-13,15H2. The maximum absolute atomic E-state index is 10.9. The summed E-state index contributed by atoms with van der Waals surface area (Å²) in [5, 5.41) is 10.9. The zero-order chi connectivity index (χ0) is 17.6. The Morgan fingerprint density at radius 2 is 1.81 bits per heavy atom. The number of fused-ring (bicyclic) bond motifs is 1. The first-order valence-electron chi connectivity index (χ1n) is 10.2. The Kier molecular flexibility index (Phi) is 4.24. The van der Waals surface area contributed by atoms with Crippen molar-refractivity contribution in [3.8, 4) is 5.75 Å². The zero-order valence-corrected chi connectivity index (χ0v) is 15.4. The molecule has 5 rings (SSSR count). The molecule has 1 aromatic rings. The van der Waals surface area contributed by atoms with E-state index < -0.39 is 11.4 Å². The van der Waals surface area contributed by atoms with Gasteiger partial charge in [-0.05, 0) is 30.5 Å². The molecule has 0 unspecified atom stereocenters. The van der Waals surface area contributed by atoms with Gasteiger partial charge >= 0.3 is 0 Å². The van der Waals surface area contributed by atoms with Gasteiger partial charge in [-0.25, -0.2) is 0 Å². The number of hydrogen-bond acceptors (Lipinski definition) is 5. The Hall–Kier alpha value is -1.14. The van der Waals surface area contributed by atoms with Crippen LogP contribution >= 0.6 is 0 Å². The Labute approximate surface area is 155 Å². The summed E-state index contributed by atoms with van der Waals surface area (Å²) < 4.78 is 18.0. The van der Waals surface area contributed by atoms with Gasteiger partial charge in [-0.2, -0.15) is 0 Å². The molecule has 1 aromatic carbocycles. The molecule has 142 valence electrons. The maximum atomic E-state index is 10.9. The summed E-state index contributed by atoms with van der Waals surface area (Å²) in [6, 6.07) is 6.91. The van der Waals surface area contributed by atoms with Gasteiger partial charge in [0.2, 0.25) is 5.79 Å². The summed E-state index contributed by atoms with van der Waals surface area (Å²) in [5.74, 6) is 0.470. The summed E-state index contributed by atoms with van der Waals surface area (Å²) in [7, 11) is 0. The van der Waals surface area contributed by atoms with Crippen molar-refractivity contribution in [2.24, 2.45) is 0 Å². The van der Waals surface area contributed by atoms with Crippen LogP contribution in [0, 0.1) is 0 Å². The van der Waals surface area contributed by atoms with E-state index in [0.717, 1.165) is 48.8 Å². The highest BCUT2D eigenvalue weighted by Gasteiger charge is 2.43. The van der Waals surface area contributed by atoms with Crippen LogP contribution in [0.25, 0.3) is 0 Å². The average molecular weight is 359 g/mol. The van der Waals surface area contributed by atoms with Gasteiger partial charge in [0.15, 0.2) is 0 Å². The van der Waals surface area contributed by atoms with Crippen molar-refractivity contribution >= 4 is 0 Å². The predicted molar refractivity (Wildman–Crippen MR) is 97.0 cm³/mol. The molecule has 4 aliphatic rings. The summed E-state index contributed by atoms with van der Waals surface area (Å²) in [4.78, 5) is 2.61. The second-order valence-corrected chi connectivity index (χ2v) is 8.39. The van der Waals surface area contributed by atoms with Gasteiger partial charge in [0.1, 0.15) is 5.75 Å². The topological polar surface area (TPSA) is 51.2 Å². The number of likely N-dealkylation sites (tertiary alicyclic amines) is 1. The van der Waals surface area contributed by atoms with E-state index in [1.165, 1.54) is 19.3 Å². The van der Waals surface area contributed by atoms with Gasteiger partial charge in [0.05, 0.1) is 12.2 Å². The fourth-order valence-corrected chi connectivity index (χ4v) is 4.75. The number of aliphatic hydroxyl groups is 1. The van der Waals surface area contributed by atoms with Crippen molar-refractivity contribution in [2.75, 3.05) is 26.3 Å². The molecule has 26 heavy (non-hydrogen) atoms. The largest absolute Gasteiger partial charge is 0.462 e. The summed E-state index contributed by atoms with van der Waals surface area (Å²) >= 11 is 0. The third-order valence-corrected chi connectivity index (χ3v) is 6.86. The van der Waals surface area contributed by atoms with Crippen molar-refractivity contribution in [1.82, 2.24) is 4.90 Å². The Balaban J connectivity index is 1.29. The van der Waals surface area contributed by atoms with E-state index in [1.54, 1.807) is 0 Å². The fraction of sp³-hybridized carbons (Fsp3) is 0.714. The molecule has 3 aliphatic heterocycles. The minimum atomic E-state index is -0.781. The monoisotopic (exact) mass is 359 g/mol. The van der Waals surface area contributed by atoms with Crippen molar-refractivity contribution in [3.63, 3.8) is 0 Å². The van der Waals surface area contributed by atoms with Crippen molar-refractivity contribution in [2.45, 2.75) is 69.0 Å². The molecule has 0 aromatic heterocycles. The Morgan fingerprint density at radius 3 is 2.50 bits per heavy atom. The number of hydrogen-bond donors (Lipinski definition) is 1. The van der Waals surface area contributed by atoms with Crippen LogP contribution in [-0.4, -0.2) is 48.1 Å². The van der Waals surface area contributed by atoms with E-state index in [-0.39, 0.29) is 0 Å². The van der Waals surface area contributed by atoms with Crippen LogP contribution in [0.5, 0.6) is 5.75 Å². The van der Waals surface area contributed by atoms with E-state index in [0.29, 0.717) is 32.7 Å². The van der Waals surface area contributed by atoms with E-state index in [2.05, 4.69) is 11.0 Å². The quantitative estimate of drug-likeness (QED) is 0.880. The van der Waals surface area contributed by atoms with Crippen LogP contribution in [0.15, 0.2) is 18.2 Å².